The van der Waals surface area contributed by atoms with Gasteiger partial charge in [-0.1, -0.05) is 30.0 Å². The normalized spacial score (nSPS) is 14.1. The maximum Gasteiger partial charge on any atom is 0.335 e. The maximum atomic E-state index is 13.8. The van der Waals surface area contributed by atoms with Gasteiger partial charge in [-0.25, -0.2) is 13.6 Å². The van der Waals surface area contributed by atoms with Crippen LogP contribution in [0.2, 0.25) is 0 Å². The van der Waals surface area contributed by atoms with E-state index < -0.39 is 29.4 Å². The fourth-order valence-corrected chi connectivity index (χ4v) is 5.29. The molecule has 1 aliphatic rings. The number of carbonyl (C=O) groups excluding carboxylic acids is 2. The van der Waals surface area contributed by atoms with E-state index in [0.29, 0.717) is 5.56 Å². The number of halogens is 2. The summed E-state index contributed by atoms with van der Waals surface area (Å²) >= 11 is 6.34. The molecule has 1 aliphatic heterocycles. The molecule has 4 rings (SSSR count). The number of aromatic hydroxyl groups is 1. The van der Waals surface area contributed by atoms with E-state index in [-0.39, 0.29) is 61.6 Å². The molecule has 3 aromatic carbocycles. The van der Waals surface area contributed by atoms with Gasteiger partial charge in [-0.15, -0.1) is 0 Å². The molecule has 1 fully saturated rings. The molecular formula is C28H22F2N2O6S2. The lowest BCUT2D eigenvalue weighted by atomic mass is 9.98. The Morgan fingerprint density at radius 1 is 1.12 bits per heavy atom. The molecule has 0 bridgehead atoms. The van der Waals surface area contributed by atoms with Crippen LogP contribution in [0, 0.1) is 18.6 Å². The van der Waals surface area contributed by atoms with Crippen molar-refractivity contribution >= 4 is 57.8 Å². The number of phenols is 1. The number of carboxylic acid groups (broad SMARTS) is 1. The van der Waals surface area contributed by atoms with Gasteiger partial charge in [0.2, 0.25) is 5.91 Å². The summed E-state index contributed by atoms with van der Waals surface area (Å²) in [5.41, 5.74) is 1.80. The van der Waals surface area contributed by atoms with Gasteiger partial charge in [0.25, 0.3) is 5.91 Å². The van der Waals surface area contributed by atoms with Crippen molar-refractivity contribution in [2.75, 3.05) is 19.0 Å². The number of methoxy groups -OCH3 is 1. The smallest absolute Gasteiger partial charge is 0.335 e. The first-order valence-corrected chi connectivity index (χ1v) is 13.0. The molecule has 2 amide bonds. The molecule has 8 nitrogen and oxygen atoms in total. The van der Waals surface area contributed by atoms with Crippen LogP contribution in [0.4, 0.5) is 14.5 Å². The number of rotatable bonds is 8. The van der Waals surface area contributed by atoms with E-state index in [0.717, 1.165) is 23.9 Å². The Hall–Kier alpha value is -4.29. The van der Waals surface area contributed by atoms with E-state index >= 15 is 0 Å². The topological polar surface area (TPSA) is 116 Å². The van der Waals surface area contributed by atoms with Crippen molar-refractivity contribution in [3.8, 4) is 22.6 Å². The molecule has 206 valence electrons. The lowest BCUT2D eigenvalue weighted by Crippen LogP contribution is -2.31. The second kappa shape index (κ2) is 11.8. The molecule has 12 heteroatoms. The monoisotopic (exact) mass is 584 g/mol. The van der Waals surface area contributed by atoms with E-state index in [1.807, 2.05) is 0 Å². The van der Waals surface area contributed by atoms with Crippen LogP contribution >= 0.6 is 24.0 Å². The number of nitrogens with zero attached hydrogens (tertiary/aromatic N) is 1. The average molecular weight is 585 g/mol. The number of hydrogen-bond donors (Lipinski definition) is 3. The molecule has 3 N–H and O–H groups in total. The second-order valence-corrected chi connectivity index (χ2v) is 10.4. The molecule has 0 aliphatic carbocycles. The number of carbonyl (C=O) groups is 3. The minimum absolute atomic E-state index is 0.00389. The van der Waals surface area contributed by atoms with Crippen molar-refractivity contribution in [1.29, 1.82) is 0 Å². The molecule has 0 unspecified atom stereocenters. The number of aromatic carboxylic acids is 1. The molecule has 0 atom stereocenters. The summed E-state index contributed by atoms with van der Waals surface area (Å²) in [6, 6.07) is 10.6. The van der Waals surface area contributed by atoms with Gasteiger partial charge in [0.1, 0.15) is 15.8 Å². The highest BCUT2D eigenvalue weighted by Crippen LogP contribution is 2.39. The van der Waals surface area contributed by atoms with E-state index in [1.54, 1.807) is 19.1 Å². The molecule has 0 aromatic heterocycles. The Morgan fingerprint density at radius 2 is 1.88 bits per heavy atom. The van der Waals surface area contributed by atoms with Gasteiger partial charge in [0.05, 0.1) is 23.3 Å². The first kappa shape index (κ1) is 28.7. The number of amides is 2. The van der Waals surface area contributed by atoms with Crippen LogP contribution < -0.4 is 10.1 Å². The van der Waals surface area contributed by atoms with Gasteiger partial charge in [0.15, 0.2) is 11.6 Å². The molecule has 3 aromatic rings. The molecule has 0 spiro atoms. The summed E-state index contributed by atoms with van der Waals surface area (Å²) in [6.07, 6.45) is 1.35. The number of nitrogens with one attached hydrogen (secondary N) is 1. The quantitative estimate of drug-likeness (QED) is 0.232. The number of ether oxygens (including phenoxy) is 1. The lowest BCUT2D eigenvalue weighted by Gasteiger charge is -2.15. The first-order valence-electron chi connectivity index (χ1n) is 11.7. The number of thiocarbonyl (C=S) groups is 1. The maximum absolute atomic E-state index is 13.8. The van der Waals surface area contributed by atoms with Crippen LogP contribution in [0.3, 0.4) is 0 Å². The third-order valence-electron chi connectivity index (χ3n) is 5.96. The summed E-state index contributed by atoms with van der Waals surface area (Å²) in [5.74, 6) is -4.16. The van der Waals surface area contributed by atoms with Gasteiger partial charge in [-0.3, -0.25) is 14.5 Å². The van der Waals surface area contributed by atoms with Crippen molar-refractivity contribution in [3.63, 3.8) is 0 Å². The Labute approximate surface area is 237 Å². The van der Waals surface area contributed by atoms with Gasteiger partial charge < -0.3 is 20.3 Å². The Balaban J connectivity index is 1.49. The zero-order valence-electron chi connectivity index (χ0n) is 21.2. The predicted octanol–water partition coefficient (Wildman–Crippen LogP) is 5.58. The number of aryl methyl sites for hydroxylation is 1. The van der Waals surface area contributed by atoms with Gasteiger partial charge in [0, 0.05) is 24.1 Å². The highest BCUT2D eigenvalue weighted by Gasteiger charge is 2.32. The van der Waals surface area contributed by atoms with Crippen molar-refractivity contribution in [1.82, 2.24) is 4.90 Å². The zero-order chi connectivity index (χ0) is 29.1. The van der Waals surface area contributed by atoms with Crippen LogP contribution in [0.15, 0.2) is 53.4 Å². The Kier molecular flexibility index (Phi) is 8.50. The summed E-state index contributed by atoms with van der Waals surface area (Å²) in [6.45, 7) is 1.73. The highest BCUT2D eigenvalue weighted by molar-refractivity contribution is 8.26. The fraction of sp³-hybridized carbons (Fsp3) is 0.143. The van der Waals surface area contributed by atoms with Crippen LogP contribution in [-0.4, -0.2) is 50.9 Å². The average Bonchev–Trinajstić information content (AvgIpc) is 3.18. The van der Waals surface area contributed by atoms with Crippen LogP contribution in [-0.2, 0) is 9.59 Å². The third kappa shape index (κ3) is 6.13. The summed E-state index contributed by atoms with van der Waals surface area (Å²) in [5, 5.41) is 22.6. The van der Waals surface area contributed by atoms with Gasteiger partial charge >= 0.3 is 5.97 Å². The molecular weight excluding hydrogens is 562 g/mol. The van der Waals surface area contributed by atoms with Crippen molar-refractivity contribution in [3.05, 3.63) is 81.8 Å². The largest absolute Gasteiger partial charge is 0.507 e. The highest BCUT2D eigenvalue weighted by atomic mass is 32.2. The fourth-order valence-electron chi connectivity index (χ4n) is 3.99. The summed E-state index contributed by atoms with van der Waals surface area (Å²) < 4.78 is 32.6. The number of hydrogen-bond acceptors (Lipinski definition) is 7. The van der Waals surface area contributed by atoms with Crippen molar-refractivity contribution < 1.29 is 38.1 Å². The second-order valence-electron chi connectivity index (χ2n) is 8.73. The Bertz CT molecular complexity index is 1590. The minimum Gasteiger partial charge on any atom is -0.507 e. The Morgan fingerprint density at radius 3 is 2.55 bits per heavy atom. The third-order valence-corrected chi connectivity index (χ3v) is 7.34. The number of phenolic OH excluding ortho intramolecular Hbond substituents is 1. The zero-order valence-corrected chi connectivity index (χ0v) is 22.8. The predicted molar refractivity (Wildman–Crippen MR) is 151 cm³/mol. The summed E-state index contributed by atoms with van der Waals surface area (Å²) in [4.78, 5) is 38.3. The molecule has 0 radical (unpaired) electrons. The van der Waals surface area contributed by atoms with Crippen molar-refractivity contribution in [2.45, 2.75) is 13.3 Å². The number of benzene rings is 3. The minimum atomic E-state index is -1.14. The van der Waals surface area contributed by atoms with E-state index in [9.17, 15) is 28.3 Å². The number of anilines is 1. The molecule has 0 saturated carbocycles. The summed E-state index contributed by atoms with van der Waals surface area (Å²) in [7, 11) is 1.34. The first-order chi connectivity index (χ1) is 19.0. The van der Waals surface area contributed by atoms with Crippen molar-refractivity contribution in [2.24, 2.45) is 0 Å². The number of carboxylic acids is 1. The van der Waals surface area contributed by atoms with Crippen LogP contribution in [0.25, 0.3) is 17.2 Å². The van der Waals surface area contributed by atoms with E-state index in [4.69, 9.17) is 22.1 Å². The van der Waals surface area contributed by atoms with Crippen LogP contribution in [0.5, 0.6) is 11.5 Å². The van der Waals surface area contributed by atoms with Gasteiger partial charge in [-0.2, -0.15) is 0 Å². The molecule has 1 heterocycles. The SMILES string of the molecule is COc1cc(C(=O)O)ccc1NC(=O)CCN1C(=O)/C(=C/c2cc(C)cc(-c3ccc(F)c(F)c3)c2O)SC1=S. The standard InChI is InChI=1S/C28H22F2N2O6S2/c1-14-9-17(25(34)18(10-14)15-3-5-19(29)20(30)11-15)13-23-26(35)32(28(39)40-23)8-7-24(33)31-21-6-4-16(27(36)37)12-22(21)38-2/h3-6,9-13,34H,7-8H2,1-2H3,(H,31,33)(H,36,37)/b23-13-. The number of thioether (sulfide) groups is 1. The van der Waals surface area contributed by atoms with E-state index in [2.05, 4.69) is 5.32 Å². The van der Waals surface area contributed by atoms with Crippen LogP contribution in [0.1, 0.15) is 27.9 Å². The molecule has 1 saturated heterocycles. The molecule has 40 heavy (non-hydrogen) atoms. The van der Waals surface area contributed by atoms with Gasteiger partial charge in [-0.05, 0) is 66.6 Å². The van der Waals surface area contributed by atoms with E-state index in [1.165, 1.54) is 42.4 Å². The lowest BCUT2D eigenvalue weighted by molar-refractivity contribution is -0.122.